The highest BCUT2D eigenvalue weighted by Gasteiger charge is 2.06. The Labute approximate surface area is 90.5 Å². The van der Waals surface area contributed by atoms with Crippen LogP contribution in [0.2, 0.25) is 10.3 Å². The normalized spacial score (nSPS) is 10.5. The van der Waals surface area contributed by atoms with Crippen LogP contribution in [-0.4, -0.2) is 19.7 Å². The Bertz CT molecular complexity index is 446. The lowest BCUT2D eigenvalue weighted by Gasteiger charge is -2.02. The van der Waals surface area contributed by atoms with Crippen LogP contribution in [0.25, 0.3) is 5.95 Å². The highest BCUT2D eigenvalue weighted by Crippen LogP contribution is 2.14. The SMILES string of the molecule is Cc1ccnn1-c1nc(Cl)cc(Cl)n1. The van der Waals surface area contributed by atoms with Crippen molar-refractivity contribution in [2.45, 2.75) is 6.92 Å². The van der Waals surface area contributed by atoms with E-state index in [4.69, 9.17) is 23.2 Å². The quantitative estimate of drug-likeness (QED) is 0.704. The highest BCUT2D eigenvalue weighted by molar-refractivity contribution is 6.33. The first-order chi connectivity index (χ1) is 6.66. The molecule has 2 aromatic rings. The Morgan fingerprint density at radius 3 is 2.36 bits per heavy atom. The first-order valence-electron chi connectivity index (χ1n) is 3.88. The third-order valence-electron chi connectivity index (χ3n) is 1.67. The maximum absolute atomic E-state index is 5.74. The molecule has 0 N–H and O–H groups in total. The molecule has 6 heteroatoms. The molecule has 0 aliphatic heterocycles. The van der Waals surface area contributed by atoms with E-state index in [1.54, 1.807) is 10.9 Å². The van der Waals surface area contributed by atoms with Crippen LogP contribution >= 0.6 is 23.2 Å². The molecular weight excluding hydrogens is 223 g/mol. The summed E-state index contributed by atoms with van der Waals surface area (Å²) in [5, 5.41) is 4.64. The highest BCUT2D eigenvalue weighted by atomic mass is 35.5. The maximum Gasteiger partial charge on any atom is 0.253 e. The van der Waals surface area contributed by atoms with Gasteiger partial charge in [-0.1, -0.05) is 23.2 Å². The van der Waals surface area contributed by atoms with Gasteiger partial charge in [-0.05, 0) is 13.0 Å². The molecule has 14 heavy (non-hydrogen) atoms. The van der Waals surface area contributed by atoms with Crippen LogP contribution in [-0.2, 0) is 0 Å². The number of hydrogen-bond acceptors (Lipinski definition) is 3. The predicted octanol–water partition coefficient (Wildman–Crippen LogP) is 2.28. The van der Waals surface area contributed by atoms with Crippen molar-refractivity contribution < 1.29 is 0 Å². The predicted molar refractivity (Wildman–Crippen MR) is 53.9 cm³/mol. The first-order valence-corrected chi connectivity index (χ1v) is 4.63. The van der Waals surface area contributed by atoms with Crippen LogP contribution in [0.1, 0.15) is 5.69 Å². The second-order valence-electron chi connectivity index (χ2n) is 2.70. The van der Waals surface area contributed by atoms with Gasteiger partial charge < -0.3 is 0 Å². The molecule has 0 unspecified atom stereocenters. The van der Waals surface area contributed by atoms with E-state index in [2.05, 4.69) is 15.1 Å². The number of aromatic nitrogens is 4. The van der Waals surface area contributed by atoms with Gasteiger partial charge in [-0.15, -0.1) is 0 Å². The zero-order valence-electron chi connectivity index (χ0n) is 7.28. The minimum atomic E-state index is 0.301. The van der Waals surface area contributed by atoms with Crippen LogP contribution in [0.3, 0.4) is 0 Å². The van der Waals surface area contributed by atoms with Gasteiger partial charge in [0.2, 0.25) is 0 Å². The van der Waals surface area contributed by atoms with Crippen molar-refractivity contribution in [3.05, 3.63) is 34.3 Å². The van der Waals surface area contributed by atoms with E-state index in [-0.39, 0.29) is 0 Å². The topological polar surface area (TPSA) is 43.6 Å². The van der Waals surface area contributed by atoms with E-state index >= 15 is 0 Å². The van der Waals surface area contributed by atoms with E-state index in [1.165, 1.54) is 6.07 Å². The molecule has 72 valence electrons. The number of rotatable bonds is 1. The van der Waals surface area contributed by atoms with Crippen LogP contribution in [0.5, 0.6) is 0 Å². The van der Waals surface area contributed by atoms with Gasteiger partial charge in [0.1, 0.15) is 10.3 Å². The third-order valence-corrected chi connectivity index (χ3v) is 2.06. The molecule has 2 rings (SSSR count). The summed E-state index contributed by atoms with van der Waals surface area (Å²) in [5.41, 5.74) is 0.920. The Morgan fingerprint density at radius 2 is 1.86 bits per heavy atom. The Hall–Kier alpha value is -1.13. The third kappa shape index (κ3) is 1.71. The molecule has 4 nitrogen and oxygen atoms in total. The molecule has 0 saturated carbocycles. The van der Waals surface area contributed by atoms with Crippen LogP contribution in [0.15, 0.2) is 18.3 Å². The van der Waals surface area contributed by atoms with Gasteiger partial charge in [0.05, 0.1) is 0 Å². The molecule has 0 spiro atoms. The van der Waals surface area contributed by atoms with Crippen LogP contribution in [0.4, 0.5) is 0 Å². The largest absolute Gasteiger partial charge is 0.253 e. The van der Waals surface area contributed by atoms with Crippen molar-refractivity contribution in [3.8, 4) is 5.95 Å². The number of halogens is 2. The summed E-state index contributed by atoms with van der Waals surface area (Å²) in [5.74, 6) is 0.380. The van der Waals surface area contributed by atoms with E-state index in [0.29, 0.717) is 16.3 Å². The Kier molecular flexibility index (Phi) is 2.39. The van der Waals surface area contributed by atoms with E-state index < -0.39 is 0 Å². The molecule has 2 aromatic heterocycles. The zero-order valence-corrected chi connectivity index (χ0v) is 8.79. The summed E-state index contributed by atoms with van der Waals surface area (Å²) in [6, 6.07) is 3.32. The number of aryl methyl sites for hydroxylation is 1. The van der Waals surface area contributed by atoms with Crippen molar-refractivity contribution in [2.24, 2.45) is 0 Å². The molecule has 0 aliphatic carbocycles. The van der Waals surface area contributed by atoms with Gasteiger partial charge in [-0.25, -0.2) is 4.68 Å². The summed E-state index contributed by atoms with van der Waals surface area (Å²) in [4.78, 5) is 8.02. The fourth-order valence-electron chi connectivity index (χ4n) is 1.05. The maximum atomic E-state index is 5.74. The molecule has 0 aliphatic rings. The van der Waals surface area contributed by atoms with Crippen LogP contribution in [0, 0.1) is 6.92 Å². The monoisotopic (exact) mass is 228 g/mol. The second kappa shape index (κ2) is 3.55. The molecule has 0 atom stereocenters. The van der Waals surface area contributed by atoms with Crippen molar-refractivity contribution >= 4 is 23.2 Å². The van der Waals surface area contributed by atoms with Gasteiger partial charge in [0.25, 0.3) is 5.95 Å². The summed E-state index contributed by atoms with van der Waals surface area (Å²) >= 11 is 11.5. The lowest BCUT2D eigenvalue weighted by Crippen LogP contribution is -2.04. The molecule has 2 heterocycles. The van der Waals surface area contributed by atoms with E-state index in [1.807, 2.05) is 13.0 Å². The smallest absolute Gasteiger partial charge is 0.203 e. The zero-order chi connectivity index (χ0) is 10.1. The summed E-state index contributed by atoms with van der Waals surface area (Å²) in [6.07, 6.45) is 1.66. The van der Waals surface area contributed by atoms with Gasteiger partial charge >= 0.3 is 0 Å². The van der Waals surface area contributed by atoms with Crippen molar-refractivity contribution in [1.29, 1.82) is 0 Å². The minimum Gasteiger partial charge on any atom is -0.203 e. The van der Waals surface area contributed by atoms with Gasteiger partial charge in [-0.2, -0.15) is 15.1 Å². The molecule has 0 amide bonds. The standard InChI is InChI=1S/C8H6Cl2N4/c1-5-2-3-11-14(5)8-12-6(9)4-7(10)13-8/h2-4H,1H3. The molecule has 0 saturated heterocycles. The fourth-order valence-corrected chi connectivity index (χ4v) is 1.47. The Balaban J connectivity index is 2.57. The molecule has 0 bridgehead atoms. The average molecular weight is 229 g/mol. The number of hydrogen-bond donors (Lipinski definition) is 0. The molecule has 0 radical (unpaired) electrons. The molecule has 0 aromatic carbocycles. The van der Waals surface area contributed by atoms with Gasteiger partial charge in [0, 0.05) is 18.0 Å². The second-order valence-corrected chi connectivity index (χ2v) is 3.47. The molecule has 0 fully saturated rings. The lowest BCUT2D eigenvalue weighted by atomic mass is 10.5. The van der Waals surface area contributed by atoms with Crippen molar-refractivity contribution in [3.63, 3.8) is 0 Å². The van der Waals surface area contributed by atoms with Crippen LogP contribution < -0.4 is 0 Å². The van der Waals surface area contributed by atoms with E-state index in [9.17, 15) is 0 Å². The fraction of sp³-hybridized carbons (Fsp3) is 0.125. The van der Waals surface area contributed by atoms with E-state index in [0.717, 1.165) is 5.69 Å². The average Bonchev–Trinajstić information content (AvgIpc) is 2.49. The minimum absolute atomic E-state index is 0.301. The number of nitrogens with zero attached hydrogens (tertiary/aromatic N) is 4. The van der Waals surface area contributed by atoms with Gasteiger partial charge in [-0.3, -0.25) is 0 Å². The summed E-state index contributed by atoms with van der Waals surface area (Å²) in [6.45, 7) is 1.89. The van der Waals surface area contributed by atoms with Crippen molar-refractivity contribution in [1.82, 2.24) is 19.7 Å². The lowest BCUT2D eigenvalue weighted by molar-refractivity contribution is 0.783. The first kappa shape index (κ1) is 9.43. The summed E-state index contributed by atoms with van der Waals surface area (Å²) < 4.78 is 1.57. The van der Waals surface area contributed by atoms with Gasteiger partial charge in [0.15, 0.2) is 0 Å². The Morgan fingerprint density at radius 1 is 1.21 bits per heavy atom. The molecular formula is C8H6Cl2N4. The summed E-state index contributed by atoms with van der Waals surface area (Å²) in [7, 11) is 0. The van der Waals surface area contributed by atoms with Crippen molar-refractivity contribution in [2.75, 3.05) is 0 Å².